The first-order valence-electron chi connectivity index (χ1n) is 5.94. The molecule has 8 nitrogen and oxygen atoms in total. The van der Waals surface area contributed by atoms with Crippen LogP contribution in [0.25, 0.3) is 0 Å². The summed E-state index contributed by atoms with van der Waals surface area (Å²) >= 11 is 0. The highest BCUT2D eigenvalue weighted by molar-refractivity contribution is 5.70. The Kier molecular flexibility index (Phi) is 5.16. The van der Waals surface area contributed by atoms with E-state index in [1.165, 1.54) is 11.7 Å². The molecule has 0 saturated heterocycles. The van der Waals surface area contributed by atoms with Gasteiger partial charge in [-0.3, -0.25) is 19.1 Å². The number of aromatic nitrogens is 2. The Morgan fingerprint density at radius 2 is 2.16 bits per heavy atom. The summed E-state index contributed by atoms with van der Waals surface area (Å²) < 4.78 is 5.76. The molecule has 1 aromatic rings. The molecule has 0 bridgehead atoms. The van der Waals surface area contributed by atoms with Crippen LogP contribution in [-0.4, -0.2) is 29.2 Å². The number of methoxy groups -OCH3 is 1. The van der Waals surface area contributed by atoms with E-state index in [1.807, 2.05) is 6.92 Å². The van der Waals surface area contributed by atoms with E-state index in [9.17, 15) is 14.4 Å². The maximum atomic E-state index is 11.6. The van der Waals surface area contributed by atoms with E-state index in [1.54, 1.807) is 0 Å². The Labute approximate surface area is 109 Å². The quantitative estimate of drug-likeness (QED) is 0.600. The predicted molar refractivity (Wildman–Crippen MR) is 71.1 cm³/mol. The van der Waals surface area contributed by atoms with Crippen molar-refractivity contribution < 1.29 is 9.53 Å². The number of hydrogen-bond acceptors (Lipinski definition) is 6. The largest absolute Gasteiger partial charge is 0.469 e. The third-order valence-electron chi connectivity index (χ3n) is 2.55. The molecule has 0 amide bonds. The summed E-state index contributed by atoms with van der Waals surface area (Å²) in [6, 6.07) is 0. The Morgan fingerprint density at radius 1 is 1.47 bits per heavy atom. The van der Waals surface area contributed by atoms with Crippen LogP contribution in [0.4, 0.5) is 11.5 Å². The summed E-state index contributed by atoms with van der Waals surface area (Å²) in [4.78, 5) is 36.3. The molecule has 0 fully saturated rings. The van der Waals surface area contributed by atoms with Crippen molar-refractivity contribution in [2.45, 2.75) is 26.3 Å². The Bertz CT molecular complexity index is 561. The molecule has 106 valence electrons. The Balaban J connectivity index is 2.94. The summed E-state index contributed by atoms with van der Waals surface area (Å²) in [5, 5.41) is 2.74. The van der Waals surface area contributed by atoms with Gasteiger partial charge in [0, 0.05) is 13.1 Å². The van der Waals surface area contributed by atoms with Crippen LogP contribution in [0.2, 0.25) is 0 Å². The molecule has 19 heavy (non-hydrogen) atoms. The number of hydrogen-bond donors (Lipinski definition) is 3. The highest BCUT2D eigenvalue weighted by atomic mass is 16.5. The van der Waals surface area contributed by atoms with Gasteiger partial charge < -0.3 is 15.8 Å². The van der Waals surface area contributed by atoms with Crippen molar-refractivity contribution in [1.82, 2.24) is 9.55 Å². The number of nitrogens with zero attached hydrogens (tertiary/aromatic N) is 1. The number of aromatic amines is 1. The third-order valence-corrected chi connectivity index (χ3v) is 2.55. The lowest BCUT2D eigenvalue weighted by molar-refractivity contribution is -0.140. The van der Waals surface area contributed by atoms with E-state index in [4.69, 9.17) is 5.73 Å². The first-order valence-corrected chi connectivity index (χ1v) is 5.94. The first kappa shape index (κ1) is 14.8. The number of carbonyl (C=O) groups excluding carboxylic acids is 1. The molecule has 1 aromatic heterocycles. The molecule has 0 aliphatic rings. The van der Waals surface area contributed by atoms with Gasteiger partial charge in [0.1, 0.15) is 11.5 Å². The highest BCUT2D eigenvalue weighted by Crippen LogP contribution is 2.10. The first-order chi connectivity index (χ1) is 9.01. The zero-order valence-electron chi connectivity index (χ0n) is 11.0. The third kappa shape index (κ3) is 3.60. The van der Waals surface area contributed by atoms with Crippen LogP contribution in [-0.2, 0) is 16.1 Å². The standard InChI is InChI=1S/C11H18N4O4/c1-3-6-15-9(12)8(10(17)14-11(15)18)13-5-4-7(16)19-2/h13H,3-6,12H2,1-2H3,(H,14,17,18). The number of H-pyrrole nitrogens is 1. The zero-order chi connectivity index (χ0) is 14.4. The van der Waals surface area contributed by atoms with Gasteiger partial charge in [-0.1, -0.05) is 6.92 Å². The fourth-order valence-corrected chi connectivity index (χ4v) is 1.60. The summed E-state index contributed by atoms with van der Waals surface area (Å²) in [7, 11) is 1.28. The molecule has 8 heteroatoms. The van der Waals surface area contributed by atoms with Crippen LogP contribution in [0.1, 0.15) is 19.8 Å². The molecule has 0 radical (unpaired) electrons. The smallest absolute Gasteiger partial charge is 0.330 e. The molecule has 0 aromatic carbocycles. The van der Waals surface area contributed by atoms with Gasteiger partial charge in [0.25, 0.3) is 5.56 Å². The topological polar surface area (TPSA) is 119 Å². The van der Waals surface area contributed by atoms with Crippen molar-refractivity contribution in [3.05, 3.63) is 20.8 Å². The van der Waals surface area contributed by atoms with E-state index in [0.717, 1.165) is 0 Å². The van der Waals surface area contributed by atoms with Crippen molar-refractivity contribution in [1.29, 1.82) is 0 Å². The van der Waals surface area contributed by atoms with Crippen molar-refractivity contribution >= 4 is 17.5 Å². The Hall–Kier alpha value is -2.25. The van der Waals surface area contributed by atoms with Gasteiger partial charge in [0.15, 0.2) is 0 Å². The fourth-order valence-electron chi connectivity index (χ4n) is 1.60. The minimum Gasteiger partial charge on any atom is -0.469 e. The molecule has 0 saturated carbocycles. The van der Waals surface area contributed by atoms with E-state index < -0.39 is 17.2 Å². The average Bonchev–Trinajstić information content (AvgIpc) is 2.38. The molecule has 1 heterocycles. The van der Waals surface area contributed by atoms with Crippen LogP contribution in [0.5, 0.6) is 0 Å². The number of nitrogens with one attached hydrogen (secondary N) is 2. The van der Waals surface area contributed by atoms with Gasteiger partial charge >= 0.3 is 11.7 Å². The van der Waals surface area contributed by atoms with Crippen molar-refractivity contribution in [2.24, 2.45) is 0 Å². The number of nitrogen functional groups attached to an aromatic ring is 1. The lowest BCUT2D eigenvalue weighted by Gasteiger charge is -2.12. The van der Waals surface area contributed by atoms with Crippen molar-refractivity contribution in [2.75, 3.05) is 24.7 Å². The number of anilines is 2. The van der Waals surface area contributed by atoms with Crippen LogP contribution in [0.15, 0.2) is 9.59 Å². The number of rotatable bonds is 6. The van der Waals surface area contributed by atoms with Crippen LogP contribution < -0.4 is 22.3 Å². The maximum Gasteiger partial charge on any atom is 0.330 e. The van der Waals surface area contributed by atoms with Gasteiger partial charge in [0.05, 0.1) is 13.5 Å². The van der Waals surface area contributed by atoms with Crippen molar-refractivity contribution in [3.8, 4) is 0 Å². The fraction of sp³-hybridized carbons (Fsp3) is 0.545. The SMILES string of the molecule is CCCn1c(N)c(NCCC(=O)OC)c(=O)[nH]c1=O. The molecule has 1 rings (SSSR count). The van der Waals surface area contributed by atoms with E-state index in [2.05, 4.69) is 15.0 Å². The normalized spacial score (nSPS) is 10.2. The summed E-state index contributed by atoms with van der Waals surface area (Å²) in [6.07, 6.45) is 0.806. The zero-order valence-corrected chi connectivity index (χ0v) is 11.0. The minimum atomic E-state index is -0.597. The molecule has 0 aliphatic heterocycles. The molecular weight excluding hydrogens is 252 g/mol. The molecule has 0 unspecified atom stereocenters. The molecular formula is C11H18N4O4. The molecule has 4 N–H and O–H groups in total. The second-order valence-corrected chi connectivity index (χ2v) is 3.92. The van der Waals surface area contributed by atoms with Crippen LogP contribution >= 0.6 is 0 Å². The highest BCUT2D eigenvalue weighted by Gasteiger charge is 2.11. The number of nitrogens with two attached hydrogens (primary N) is 1. The predicted octanol–water partition coefficient (Wildman–Crippen LogP) is -0.496. The molecule has 0 aliphatic carbocycles. The lowest BCUT2D eigenvalue weighted by Crippen LogP contribution is -2.34. The van der Waals surface area contributed by atoms with E-state index in [0.29, 0.717) is 13.0 Å². The van der Waals surface area contributed by atoms with Gasteiger partial charge in [-0.15, -0.1) is 0 Å². The molecule has 0 atom stereocenters. The number of esters is 1. The maximum absolute atomic E-state index is 11.6. The monoisotopic (exact) mass is 270 g/mol. The van der Waals surface area contributed by atoms with Gasteiger partial charge in [-0.2, -0.15) is 0 Å². The summed E-state index contributed by atoms with van der Waals surface area (Å²) in [5.41, 5.74) is 4.74. The summed E-state index contributed by atoms with van der Waals surface area (Å²) in [5.74, 6) is -0.329. The second-order valence-electron chi connectivity index (χ2n) is 3.92. The van der Waals surface area contributed by atoms with Crippen LogP contribution in [0.3, 0.4) is 0 Å². The number of ether oxygens (including phenoxy) is 1. The minimum absolute atomic E-state index is 0.0699. The van der Waals surface area contributed by atoms with E-state index in [-0.39, 0.29) is 24.5 Å². The Morgan fingerprint density at radius 3 is 2.74 bits per heavy atom. The van der Waals surface area contributed by atoms with Crippen LogP contribution in [0, 0.1) is 0 Å². The lowest BCUT2D eigenvalue weighted by atomic mass is 10.3. The summed E-state index contributed by atoms with van der Waals surface area (Å²) in [6.45, 7) is 2.50. The molecule has 0 spiro atoms. The second kappa shape index (κ2) is 6.62. The van der Waals surface area contributed by atoms with Gasteiger partial charge in [0.2, 0.25) is 0 Å². The van der Waals surface area contributed by atoms with Gasteiger partial charge in [-0.25, -0.2) is 4.79 Å². The van der Waals surface area contributed by atoms with Gasteiger partial charge in [-0.05, 0) is 6.42 Å². The van der Waals surface area contributed by atoms with E-state index >= 15 is 0 Å². The van der Waals surface area contributed by atoms with Crippen molar-refractivity contribution in [3.63, 3.8) is 0 Å². The average molecular weight is 270 g/mol. The number of carbonyl (C=O) groups is 1.